The third-order valence-electron chi connectivity index (χ3n) is 2.29. The van der Waals surface area contributed by atoms with Gasteiger partial charge in [0.2, 0.25) is 0 Å². The molecule has 0 saturated carbocycles. The van der Waals surface area contributed by atoms with Crippen LogP contribution in [0.2, 0.25) is 10.0 Å². The van der Waals surface area contributed by atoms with Crippen molar-refractivity contribution in [3.63, 3.8) is 0 Å². The first-order valence-corrected chi connectivity index (χ1v) is 5.71. The molecular weight excluding hydrogens is 233 g/mol. The molecule has 0 radical (unpaired) electrons. The van der Waals surface area contributed by atoms with Gasteiger partial charge in [0.05, 0.1) is 16.7 Å². The average Bonchev–Trinajstić information content (AvgIpc) is 2.24. The van der Waals surface area contributed by atoms with E-state index in [1.807, 2.05) is 19.1 Å². The first-order chi connectivity index (χ1) is 7.17. The van der Waals surface area contributed by atoms with Gasteiger partial charge in [-0.1, -0.05) is 36.2 Å². The van der Waals surface area contributed by atoms with Gasteiger partial charge in [-0.25, -0.2) is 0 Å². The lowest BCUT2D eigenvalue weighted by molar-refractivity contribution is 0.238. The Morgan fingerprint density at radius 2 is 2.07 bits per heavy atom. The van der Waals surface area contributed by atoms with Crippen molar-refractivity contribution in [3.05, 3.63) is 33.8 Å². The number of nitrogens with one attached hydrogen (secondary N) is 1. The first kappa shape index (κ1) is 12.8. The summed E-state index contributed by atoms with van der Waals surface area (Å²) in [5.74, 6) is 0. The Labute approximate surface area is 100 Å². The molecule has 0 bridgehead atoms. The number of aliphatic hydroxyl groups is 1. The molecule has 0 fully saturated rings. The van der Waals surface area contributed by atoms with Crippen LogP contribution in [-0.4, -0.2) is 17.8 Å². The van der Waals surface area contributed by atoms with Crippen LogP contribution in [0.4, 0.5) is 0 Å². The van der Waals surface area contributed by atoms with E-state index in [9.17, 15) is 0 Å². The zero-order valence-electron chi connectivity index (χ0n) is 8.63. The summed E-state index contributed by atoms with van der Waals surface area (Å²) in [5.41, 5.74) is 1.07. The Balaban J connectivity index is 2.54. The van der Waals surface area contributed by atoms with Crippen LogP contribution >= 0.6 is 23.2 Å². The van der Waals surface area contributed by atoms with Gasteiger partial charge in [0.15, 0.2) is 0 Å². The predicted octanol–water partition coefficient (Wildman–Crippen LogP) is 2.85. The van der Waals surface area contributed by atoms with Gasteiger partial charge in [-0.05, 0) is 24.1 Å². The van der Waals surface area contributed by atoms with Crippen LogP contribution < -0.4 is 5.32 Å². The SMILES string of the molecule is CCC(CO)NCc1ccc(Cl)c(Cl)c1. The maximum Gasteiger partial charge on any atom is 0.0595 e. The number of halogens is 2. The highest BCUT2D eigenvalue weighted by atomic mass is 35.5. The molecule has 0 heterocycles. The third-order valence-corrected chi connectivity index (χ3v) is 3.03. The van der Waals surface area contributed by atoms with Gasteiger partial charge < -0.3 is 10.4 Å². The molecule has 4 heteroatoms. The van der Waals surface area contributed by atoms with Crippen molar-refractivity contribution in [3.8, 4) is 0 Å². The predicted molar refractivity (Wildman–Crippen MR) is 64.5 cm³/mol. The van der Waals surface area contributed by atoms with Crippen molar-refractivity contribution in [1.29, 1.82) is 0 Å². The highest BCUT2D eigenvalue weighted by Gasteiger charge is 2.04. The zero-order chi connectivity index (χ0) is 11.3. The summed E-state index contributed by atoms with van der Waals surface area (Å²) in [6, 6.07) is 5.67. The minimum absolute atomic E-state index is 0.138. The van der Waals surface area contributed by atoms with Crippen molar-refractivity contribution >= 4 is 23.2 Å². The van der Waals surface area contributed by atoms with E-state index in [0.29, 0.717) is 16.6 Å². The summed E-state index contributed by atoms with van der Waals surface area (Å²) in [4.78, 5) is 0. The Hall–Kier alpha value is -0.280. The number of hydrogen-bond acceptors (Lipinski definition) is 2. The summed E-state index contributed by atoms with van der Waals surface area (Å²) >= 11 is 11.7. The molecule has 2 nitrogen and oxygen atoms in total. The van der Waals surface area contributed by atoms with E-state index in [2.05, 4.69) is 5.32 Å². The molecule has 1 aromatic rings. The Morgan fingerprint density at radius 1 is 1.33 bits per heavy atom. The maximum absolute atomic E-state index is 8.99. The van der Waals surface area contributed by atoms with Crippen LogP contribution in [-0.2, 0) is 6.54 Å². The molecule has 1 rings (SSSR count). The molecule has 0 amide bonds. The maximum atomic E-state index is 8.99. The van der Waals surface area contributed by atoms with E-state index in [-0.39, 0.29) is 12.6 Å². The summed E-state index contributed by atoms with van der Waals surface area (Å²) in [6.07, 6.45) is 0.901. The van der Waals surface area contributed by atoms with Crippen molar-refractivity contribution < 1.29 is 5.11 Å². The van der Waals surface area contributed by atoms with Crippen molar-refractivity contribution in [2.24, 2.45) is 0 Å². The number of rotatable bonds is 5. The smallest absolute Gasteiger partial charge is 0.0595 e. The van der Waals surface area contributed by atoms with Crippen LogP contribution in [0.5, 0.6) is 0 Å². The molecular formula is C11H15Cl2NO. The fraction of sp³-hybridized carbons (Fsp3) is 0.455. The molecule has 0 saturated heterocycles. The molecule has 15 heavy (non-hydrogen) atoms. The van der Waals surface area contributed by atoms with Crippen molar-refractivity contribution in [2.75, 3.05) is 6.61 Å². The fourth-order valence-electron chi connectivity index (χ4n) is 1.25. The average molecular weight is 248 g/mol. The largest absolute Gasteiger partial charge is 0.395 e. The van der Waals surface area contributed by atoms with Crippen LogP contribution in [0, 0.1) is 0 Å². The monoisotopic (exact) mass is 247 g/mol. The van der Waals surface area contributed by atoms with E-state index in [0.717, 1.165) is 12.0 Å². The quantitative estimate of drug-likeness (QED) is 0.839. The number of hydrogen-bond donors (Lipinski definition) is 2. The number of benzene rings is 1. The Kier molecular flexibility index (Phi) is 5.40. The van der Waals surface area contributed by atoms with E-state index in [1.54, 1.807) is 6.07 Å². The summed E-state index contributed by atoms with van der Waals surface area (Å²) in [6.45, 7) is 2.87. The van der Waals surface area contributed by atoms with E-state index in [1.165, 1.54) is 0 Å². The van der Waals surface area contributed by atoms with Gasteiger partial charge in [0.25, 0.3) is 0 Å². The van der Waals surface area contributed by atoms with Gasteiger partial charge in [-0.2, -0.15) is 0 Å². The van der Waals surface area contributed by atoms with Gasteiger partial charge in [-0.3, -0.25) is 0 Å². The molecule has 1 aromatic carbocycles. The lowest BCUT2D eigenvalue weighted by Crippen LogP contribution is -2.31. The van der Waals surface area contributed by atoms with E-state index in [4.69, 9.17) is 28.3 Å². The molecule has 0 spiro atoms. The Bertz CT molecular complexity index is 313. The van der Waals surface area contributed by atoms with E-state index >= 15 is 0 Å². The molecule has 84 valence electrons. The van der Waals surface area contributed by atoms with Gasteiger partial charge >= 0.3 is 0 Å². The highest BCUT2D eigenvalue weighted by Crippen LogP contribution is 2.22. The number of aliphatic hydroxyl groups excluding tert-OH is 1. The minimum Gasteiger partial charge on any atom is -0.395 e. The van der Waals surface area contributed by atoms with Crippen LogP contribution in [0.1, 0.15) is 18.9 Å². The summed E-state index contributed by atoms with van der Waals surface area (Å²) in [7, 11) is 0. The lowest BCUT2D eigenvalue weighted by Gasteiger charge is -2.14. The zero-order valence-corrected chi connectivity index (χ0v) is 10.1. The van der Waals surface area contributed by atoms with Gasteiger partial charge in [0, 0.05) is 12.6 Å². The molecule has 1 atom stereocenters. The summed E-state index contributed by atoms with van der Waals surface area (Å²) < 4.78 is 0. The second kappa shape index (κ2) is 6.33. The minimum atomic E-state index is 0.138. The van der Waals surface area contributed by atoms with Crippen molar-refractivity contribution in [1.82, 2.24) is 5.32 Å². The lowest BCUT2D eigenvalue weighted by atomic mass is 10.2. The van der Waals surface area contributed by atoms with Crippen LogP contribution in [0.3, 0.4) is 0 Å². The molecule has 0 aliphatic carbocycles. The Morgan fingerprint density at radius 3 is 2.60 bits per heavy atom. The van der Waals surface area contributed by atoms with Crippen LogP contribution in [0.25, 0.3) is 0 Å². The molecule has 1 unspecified atom stereocenters. The van der Waals surface area contributed by atoms with Crippen LogP contribution in [0.15, 0.2) is 18.2 Å². The second-order valence-electron chi connectivity index (χ2n) is 3.42. The molecule has 0 aliphatic heterocycles. The third kappa shape index (κ3) is 3.99. The van der Waals surface area contributed by atoms with Gasteiger partial charge in [0.1, 0.15) is 0 Å². The topological polar surface area (TPSA) is 32.3 Å². The normalized spacial score (nSPS) is 12.8. The first-order valence-electron chi connectivity index (χ1n) is 4.95. The second-order valence-corrected chi connectivity index (χ2v) is 4.23. The summed E-state index contributed by atoms with van der Waals surface area (Å²) in [5, 5.41) is 13.4. The fourth-order valence-corrected chi connectivity index (χ4v) is 1.57. The molecule has 2 N–H and O–H groups in total. The van der Waals surface area contributed by atoms with Gasteiger partial charge in [-0.15, -0.1) is 0 Å². The molecule has 0 aliphatic rings. The molecule has 0 aromatic heterocycles. The highest BCUT2D eigenvalue weighted by molar-refractivity contribution is 6.42. The standard InChI is InChI=1S/C11H15Cl2NO/c1-2-9(7-15)14-6-8-3-4-10(12)11(13)5-8/h3-5,9,14-15H,2,6-7H2,1H3. The van der Waals surface area contributed by atoms with E-state index < -0.39 is 0 Å². The van der Waals surface area contributed by atoms with Crippen molar-refractivity contribution in [2.45, 2.75) is 25.9 Å².